The SMILES string of the molecule is Cn1c(C2CC2)nc2cc(NS(C)(=O)=O)ccc21. The van der Waals surface area contributed by atoms with Crippen LogP contribution in [0.25, 0.3) is 11.0 Å². The molecule has 1 aliphatic rings. The van der Waals surface area contributed by atoms with Crippen LogP contribution in [0, 0.1) is 0 Å². The second-order valence-electron chi connectivity index (χ2n) is 4.88. The molecule has 2 aromatic rings. The first-order valence-electron chi connectivity index (χ1n) is 5.88. The van der Waals surface area contributed by atoms with Gasteiger partial charge in [0.05, 0.1) is 23.0 Å². The Bertz CT molecular complexity index is 714. The largest absolute Gasteiger partial charge is 0.331 e. The molecule has 1 fully saturated rings. The zero-order valence-corrected chi connectivity index (χ0v) is 11.2. The van der Waals surface area contributed by atoms with Crippen LogP contribution < -0.4 is 4.72 Å². The number of fused-ring (bicyclic) bond motifs is 1. The van der Waals surface area contributed by atoms with Crippen LogP contribution in [0.5, 0.6) is 0 Å². The van der Waals surface area contributed by atoms with Crippen molar-refractivity contribution in [3.05, 3.63) is 24.0 Å². The summed E-state index contributed by atoms with van der Waals surface area (Å²) in [5.74, 6) is 1.68. The molecule has 1 aromatic heterocycles. The molecule has 0 atom stereocenters. The Balaban J connectivity index is 2.07. The molecule has 3 rings (SSSR count). The minimum absolute atomic E-state index is 0.561. The molecule has 1 heterocycles. The minimum Gasteiger partial charge on any atom is -0.331 e. The second-order valence-corrected chi connectivity index (χ2v) is 6.63. The highest BCUT2D eigenvalue weighted by Gasteiger charge is 2.28. The van der Waals surface area contributed by atoms with Crippen LogP contribution in [0.1, 0.15) is 24.6 Å². The molecule has 6 heteroatoms. The first-order chi connectivity index (χ1) is 8.44. The Morgan fingerprint density at radius 2 is 2.11 bits per heavy atom. The lowest BCUT2D eigenvalue weighted by molar-refractivity contribution is 0.607. The Labute approximate surface area is 106 Å². The number of anilines is 1. The van der Waals surface area contributed by atoms with Gasteiger partial charge < -0.3 is 4.57 Å². The topological polar surface area (TPSA) is 64.0 Å². The maximum atomic E-state index is 11.2. The fourth-order valence-electron chi connectivity index (χ4n) is 2.20. The average molecular weight is 265 g/mol. The Morgan fingerprint density at radius 1 is 1.39 bits per heavy atom. The number of nitrogens with zero attached hydrogens (tertiary/aromatic N) is 2. The third-order valence-electron chi connectivity index (χ3n) is 3.16. The maximum absolute atomic E-state index is 11.2. The lowest BCUT2D eigenvalue weighted by Crippen LogP contribution is -2.09. The third kappa shape index (κ3) is 2.08. The summed E-state index contributed by atoms with van der Waals surface area (Å²) < 4.78 is 26.9. The number of aryl methyl sites for hydroxylation is 1. The summed E-state index contributed by atoms with van der Waals surface area (Å²) in [7, 11) is -1.23. The molecule has 1 N–H and O–H groups in total. The van der Waals surface area contributed by atoms with Crippen LogP contribution in [0.2, 0.25) is 0 Å². The van der Waals surface area contributed by atoms with Gasteiger partial charge in [0.2, 0.25) is 10.0 Å². The third-order valence-corrected chi connectivity index (χ3v) is 3.77. The van der Waals surface area contributed by atoms with Crippen LogP contribution in [0.15, 0.2) is 18.2 Å². The maximum Gasteiger partial charge on any atom is 0.229 e. The molecular weight excluding hydrogens is 250 g/mol. The smallest absolute Gasteiger partial charge is 0.229 e. The molecule has 0 unspecified atom stereocenters. The monoisotopic (exact) mass is 265 g/mol. The summed E-state index contributed by atoms with van der Waals surface area (Å²) in [6.45, 7) is 0. The van der Waals surface area contributed by atoms with Gasteiger partial charge in [0, 0.05) is 13.0 Å². The number of benzene rings is 1. The van der Waals surface area contributed by atoms with Gasteiger partial charge in [-0.2, -0.15) is 0 Å². The zero-order chi connectivity index (χ0) is 12.9. The van der Waals surface area contributed by atoms with Crippen LogP contribution in [0.3, 0.4) is 0 Å². The van der Waals surface area contributed by atoms with E-state index in [-0.39, 0.29) is 0 Å². The van der Waals surface area contributed by atoms with E-state index in [0.717, 1.165) is 23.1 Å². The average Bonchev–Trinajstić information content (AvgIpc) is 3.03. The lowest BCUT2D eigenvalue weighted by atomic mass is 10.3. The molecule has 0 amide bonds. The Kier molecular flexibility index (Phi) is 2.38. The van der Waals surface area contributed by atoms with E-state index in [0.29, 0.717) is 11.6 Å². The van der Waals surface area contributed by atoms with Crippen LogP contribution in [-0.2, 0) is 17.1 Å². The number of rotatable bonds is 3. The van der Waals surface area contributed by atoms with Gasteiger partial charge in [0.15, 0.2) is 0 Å². The van der Waals surface area contributed by atoms with Crippen molar-refractivity contribution < 1.29 is 8.42 Å². The standard InChI is InChI=1S/C12H15N3O2S/c1-15-11-6-5-9(14-18(2,16)17)7-10(11)13-12(15)8-3-4-8/h5-8,14H,3-4H2,1-2H3. The lowest BCUT2D eigenvalue weighted by Gasteiger charge is -2.03. The van der Waals surface area contributed by atoms with Gasteiger partial charge in [-0.1, -0.05) is 0 Å². The number of hydrogen-bond acceptors (Lipinski definition) is 3. The van der Waals surface area contributed by atoms with Gasteiger partial charge >= 0.3 is 0 Å². The summed E-state index contributed by atoms with van der Waals surface area (Å²) in [5.41, 5.74) is 2.44. The summed E-state index contributed by atoms with van der Waals surface area (Å²) in [4.78, 5) is 4.59. The molecule has 0 radical (unpaired) electrons. The fourth-order valence-corrected chi connectivity index (χ4v) is 2.76. The molecule has 5 nitrogen and oxygen atoms in total. The fraction of sp³-hybridized carbons (Fsp3) is 0.417. The van der Waals surface area contributed by atoms with Gasteiger partial charge in [0.25, 0.3) is 0 Å². The van der Waals surface area contributed by atoms with Crippen molar-refractivity contribution in [1.29, 1.82) is 0 Å². The van der Waals surface area contributed by atoms with Crippen molar-refractivity contribution in [3.8, 4) is 0 Å². The van der Waals surface area contributed by atoms with E-state index in [1.807, 2.05) is 13.1 Å². The molecular formula is C12H15N3O2S. The molecule has 1 aromatic carbocycles. The first-order valence-corrected chi connectivity index (χ1v) is 7.77. The van der Waals surface area contributed by atoms with Gasteiger partial charge in [-0.25, -0.2) is 13.4 Å². The van der Waals surface area contributed by atoms with Crippen molar-refractivity contribution in [2.45, 2.75) is 18.8 Å². The summed E-state index contributed by atoms with van der Waals surface area (Å²) >= 11 is 0. The predicted octanol–water partition coefficient (Wildman–Crippen LogP) is 1.82. The normalized spacial score (nSPS) is 16.1. The van der Waals surface area contributed by atoms with Crippen molar-refractivity contribution in [2.75, 3.05) is 11.0 Å². The minimum atomic E-state index is -3.24. The molecule has 18 heavy (non-hydrogen) atoms. The van der Waals surface area contributed by atoms with Crippen LogP contribution in [-0.4, -0.2) is 24.2 Å². The quantitative estimate of drug-likeness (QED) is 0.920. The first kappa shape index (κ1) is 11.5. The van der Waals surface area contributed by atoms with Gasteiger partial charge in [-0.15, -0.1) is 0 Å². The van der Waals surface area contributed by atoms with Gasteiger partial charge in [-0.3, -0.25) is 4.72 Å². The molecule has 1 saturated carbocycles. The van der Waals surface area contributed by atoms with Crippen molar-refractivity contribution in [2.24, 2.45) is 7.05 Å². The molecule has 0 saturated heterocycles. The van der Waals surface area contributed by atoms with E-state index >= 15 is 0 Å². The molecule has 0 spiro atoms. The molecule has 96 valence electrons. The van der Waals surface area contributed by atoms with Gasteiger partial charge in [0.1, 0.15) is 5.82 Å². The highest BCUT2D eigenvalue weighted by molar-refractivity contribution is 7.92. The van der Waals surface area contributed by atoms with Crippen LogP contribution >= 0.6 is 0 Å². The number of sulfonamides is 1. The summed E-state index contributed by atoms with van der Waals surface area (Å²) in [5, 5.41) is 0. The number of nitrogens with one attached hydrogen (secondary N) is 1. The van der Waals surface area contributed by atoms with E-state index in [2.05, 4.69) is 14.3 Å². The van der Waals surface area contributed by atoms with E-state index in [4.69, 9.17) is 0 Å². The summed E-state index contributed by atoms with van der Waals surface area (Å²) in [6, 6.07) is 5.45. The molecule has 0 aliphatic heterocycles. The summed E-state index contributed by atoms with van der Waals surface area (Å²) in [6.07, 6.45) is 3.54. The van der Waals surface area contributed by atoms with E-state index in [9.17, 15) is 8.42 Å². The number of hydrogen-bond donors (Lipinski definition) is 1. The highest BCUT2D eigenvalue weighted by Crippen LogP contribution is 2.40. The predicted molar refractivity (Wildman–Crippen MR) is 71.2 cm³/mol. The second kappa shape index (κ2) is 3.71. The molecule has 1 aliphatic carbocycles. The highest BCUT2D eigenvalue weighted by atomic mass is 32.2. The number of aromatic nitrogens is 2. The van der Waals surface area contributed by atoms with Crippen molar-refractivity contribution in [1.82, 2.24) is 9.55 Å². The van der Waals surface area contributed by atoms with E-state index in [1.165, 1.54) is 12.8 Å². The van der Waals surface area contributed by atoms with E-state index < -0.39 is 10.0 Å². The van der Waals surface area contributed by atoms with Crippen molar-refractivity contribution in [3.63, 3.8) is 0 Å². The van der Waals surface area contributed by atoms with E-state index in [1.54, 1.807) is 12.1 Å². The Morgan fingerprint density at radius 3 is 2.72 bits per heavy atom. The Hall–Kier alpha value is -1.56. The molecule has 0 bridgehead atoms. The number of imidazole rings is 1. The van der Waals surface area contributed by atoms with Gasteiger partial charge in [-0.05, 0) is 31.0 Å². The van der Waals surface area contributed by atoms with Crippen molar-refractivity contribution >= 4 is 26.7 Å². The zero-order valence-electron chi connectivity index (χ0n) is 10.3. The van der Waals surface area contributed by atoms with Crippen LogP contribution in [0.4, 0.5) is 5.69 Å².